The molecule has 0 aliphatic carbocycles. The lowest BCUT2D eigenvalue weighted by atomic mass is 10.1. The normalized spacial score (nSPS) is 19.8. The van der Waals surface area contributed by atoms with Crippen molar-refractivity contribution >= 4 is 27.7 Å². The third-order valence-electron chi connectivity index (χ3n) is 3.15. The molecule has 0 bridgehead atoms. The van der Waals surface area contributed by atoms with Crippen molar-refractivity contribution in [3.8, 4) is 6.07 Å². The molecule has 1 amide bonds. The molecule has 5 heteroatoms. The van der Waals surface area contributed by atoms with E-state index in [1.807, 2.05) is 13.8 Å². The highest BCUT2D eigenvalue weighted by atomic mass is 79.9. The first kappa shape index (κ1) is 12.2. The van der Waals surface area contributed by atoms with Gasteiger partial charge in [-0.15, -0.1) is 0 Å². The van der Waals surface area contributed by atoms with Gasteiger partial charge in [-0.1, -0.05) is 15.9 Å². The number of nitrogens with zero attached hydrogens (tertiary/aromatic N) is 2. The Morgan fingerprint density at radius 3 is 2.82 bits per heavy atom. The number of hydrogen-bond donors (Lipinski definition) is 0. The summed E-state index contributed by atoms with van der Waals surface area (Å²) in [4.78, 5) is 13.5. The van der Waals surface area contributed by atoms with Crippen molar-refractivity contribution in [2.75, 3.05) is 16.8 Å². The molecule has 1 fully saturated rings. The molecule has 1 aromatic rings. The lowest BCUT2D eigenvalue weighted by Crippen LogP contribution is -2.24. The van der Waals surface area contributed by atoms with Crippen LogP contribution < -0.4 is 4.90 Å². The molecule has 0 N–H and O–H groups in total. The summed E-state index contributed by atoms with van der Waals surface area (Å²) in [5.74, 6) is 1.43. The molecule has 0 saturated carbocycles. The molecule has 1 atom stereocenters. The van der Waals surface area contributed by atoms with Crippen molar-refractivity contribution < 1.29 is 9.21 Å². The van der Waals surface area contributed by atoms with Crippen LogP contribution in [0.15, 0.2) is 4.42 Å². The number of nitriles is 1. The Morgan fingerprint density at radius 2 is 2.29 bits per heavy atom. The molecule has 1 unspecified atom stereocenters. The molecule has 90 valence electrons. The van der Waals surface area contributed by atoms with E-state index in [0.29, 0.717) is 36.1 Å². The molecule has 2 heterocycles. The summed E-state index contributed by atoms with van der Waals surface area (Å²) in [6.07, 6.45) is 0.509. The fraction of sp³-hybridized carbons (Fsp3) is 0.500. The summed E-state index contributed by atoms with van der Waals surface area (Å²) < 4.78 is 5.55. The predicted octanol–water partition coefficient (Wildman–Crippen LogP) is 2.52. The van der Waals surface area contributed by atoms with E-state index >= 15 is 0 Å². The van der Waals surface area contributed by atoms with Gasteiger partial charge in [0.05, 0.1) is 0 Å². The van der Waals surface area contributed by atoms with E-state index in [1.165, 1.54) is 0 Å². The van der Waals surface area contributed by atoms with Gasteiger partial charge in [-0.25, -0.2) is 0 Å². The number of carbonyl (C=O) groups excluding carboxylic acids is 1. The predicted molar refractivity (Wildman–Crippen MR) is 67.2 cm³/mol. The van der Waals surface area contributed by atoms with E-state index in [1.54, 1.807) is 4.90 Å². The minimum Gasteiger partial charge on any atom is -0.444 e. The summed E-state index contributed by atoms with van der Waals surface area (Å²) in [6.45, 7) is 4.26. The first-order valence-electron chi connectivity index (χ1n) is 5.44. The smallest absolute Gasteiger partial charge is 0.229 e. The molecular formula is C12H13BrN2O2. The van der Waals surface area contributed by atoms with Gasteiger partial charge in [0.1, 0.15) is 17.4 Å². The van der Waals surface area contributed by atoms with Crippen molar-refractivity contribution in [1.29, 1.82) is 5.26 Å². The van der Waals surface area contributed by atoms with Gasteiger partial charge in [-0.05, 0) is 19.8 Å². The maximum Gasteiger partial charge on any atom is 0.229 e. The molecule has 17 heavy (non-hydrogen) atoms. The van der Waals surface area contributed by atoms with E-state index in [4.69, 9.17) is 9.68 Å². The highest BCUT2D eigenvalue weighted by Crippen LogP contribution is 2.33. The second-order valence-corrected chi connectivity index (χ2v) is 4.95. The number of hydrogen-bond acceptors (Lipinski definition) is 3. The van der Waals surface area contributed by atoms with Crippen molar-refractivity contribution in [3.05, 3.63) is 16.9 Å². The van der Waals surface area contributed by atoms with Gasteiger partial charge in [0.2, 0.25) is 11.8 Å². The molecule has 4 nitrogen and oxygen atoms in total. The molecule has 2 rings (SSSR count). The molecule has 1 aromatic heterocycles. The number of amides is 1. The van der Waals surface area contributed by atoms with E-state index in [0.717, 1.165) is 10.9 Å². The Bertz CT molecular complexity index is 501. The molecule has 0 aromatic carbocycles. The van der Waals surface area contributed by atoms with E-state index in [2.05, 4.69) is 22.0 Å². The number of furan rings is 1. The van der Waals surface area contributed by atoms with Crippen LogP contribution in [0.25, 0.3) is 0 Å². The third kappa shape index (κ3) is 1.98. The van der Waals surface area contributed by atoms with Gasteiger partial charge >= 0.3 is 0 Å². The average Bonchev–Trinajstić information content (AvgIpc) is 2.81. The van der Waals surface area contributed by atoms with Crippen molar-refractivity contribution in [3.63, 3.8) is 0 Å². The van der Waals surface area contributed by atoms with Gasteiger partial charge in [0.25, 0.3) is 0 Å². The zero-order valence-electron chi connectivity index (χ0n) is 9.79. The zero-order valence-corrected chi connectivity index (χ0v) is 11.4. The second-order valence-electron chi connectivity index (χ2n) is 4.30. The van der Waals surface area contributed by atoms with Crippen LogP contribution in [-0.4, -0.2) is 17.8 Å². The van der Waals surface area contributed by atoms with E-state index in [-0.39, 0.29) is 5.91 Å². The maximum absolute atomic E-state index is 11.9. The van der Waals surface area contributed by atoms with Crippen molar-refractivity contribution in [2.24, 2.45) is 5.92 Å². The lowest BCUT2D eigenvalue weighted by molar-refractivity contribution is -0.117. The molecule has 0 spiro atoms. The highest BCUT2D eigenvalue weighted by Gasteiger charge is 2.34. The average molecular weight is 297 g/mol. The SMILES string of the molecule is Cc1oc(N2CC(CBr)CC2=O)c(C#N)c1C. The van der Waals surface area contributed by atoms with Crippen molar-refractivity contribution in [1.82, 2.24) is 0 Å². The number of carbonyl (C=O) groups is 1. The topological polar surface area (TPSA) is 57.2 Å². The summed E-state index contributed by atoms with van der Waals surface area (Å²) >= 11 is 3.38. The third-order valence-corrected chi connectivity index (χ3v) is 4.06. The minimum atomic E-state index is 0.0275. The molecule has 1 aliphatic heterocycles. The Morgan fingerprint density at radius 1 is 1.59 bits per heavy atom. The Labute approximate surface area is 108 Å². The van der Waals surface area contributed by atoms with Gasteiger partial charge in [-0.2, -0.15) is 5.26 Å². The maximum atomic E-state index is 11.9. The molecular weight excluding hydrogens is 284 g/mol. The van der Waals surface area contributed by atoms with E-state index < -0.39 is 0 Å². The lowest BCUT2D eigenvalue weighted by Gasteiger charge is -2.13. The second kappa shape index (κ2) is 4.53. The fourth-order valence-corrected chi connectivity index (χ4v) is 2.45. The van der Waals surface area contributed by atoms with Crippen LogP contribution in [0.1, 0.15) is 23.3 Å². The summed E-state index contributed by atoms with van der Waals surface area (Å²) in [5, 5.41) is 9.91. The Hall–Kier alpha value is -1.28. The number of rotatable bonds is 2. The van der Waals surface area contributed by atoms with Gasteiger partial charge < -0.3 is 4.42 Å². The van der Waals surface area contributed by atoms with Crippen LogP contribution in [0.4, 0.5) is 5.88 Å². The summed E-state index contributed by atoms with van der Waals surface area (Å²) in [5.41, 5.74) is 1.30. The Kier molecular flexibility index (Phi) is 3.25. The number of aryl methyl sites for hydroxylation is 1. The summed E-state index contributed by atoms with van der Waals surface area (Å²) in [7, 11) is 0. The number of alkyl halides is 1. The largest absolute Gasteiger partial charge is 0.444 e. The quantitative estimate of drug-likeness (QED) is 0.788. The monoisotopic (exact) mass is 296 g/mol. The number of halogens is 1. The number of anilines is 1. The van der Waals surface area contributed by atoms with Crippen molar-refractivity contribution in [2.45, 2.75) is 20.3 Å². The molecule has 1 aliphatic rings. The summed E-state index contributed by atoms with van der Waals surface area (Å²) in [6, 6.07) is 2.12. The molecule has 1 saturated heterocycles. The standard InChI is InChI=1S/C12H13BrN2O2/c1-7-8(2)17-12(10(7)5-14)15-6-9(4-13)3-11(15)16/h9H,3-4,6H2,1-2H3. The van der Waals surface area contributed by atoms with Crippen LogP contribution in [0, 0.1) is 31.1 Å². The van der Waals surface area contributed by atoms with Crippen LogP contribution in [-0.2, 0) is 4.79 Å². The van der Waals surface area contributed by atoms with Crippen LogP contribution in [0.3, 0.4) is 0 Å². The highest BCUT2D eigenvalue weighted by molar-refractivity contribution is 9.09. The zero-order chi connectivity index (χ0) is 12.6. The fourth-order valence-electron chi connectivity index (χ4n) is 2.01. The van der Waals surface area contributed by atoms with Crippen LogP contribution >= 0.6 is 15.9 Å². The van der Waals surface area contributed by atoms with Gasteiger partial charge in [-0.3, -0.25) is 9.69 Å². The van der Waals surface area contributed by atoms with Gasteiger partial charge in [0.15, 0.2) is 0 Å². The van der Waals surface area contributed by atoms with Crippen LogP contribution in [0.2, 0.25) is 0 Å². The first-order valence-corrected chi connectivity index (χ1v) is 6.57. The van der Waals surface area contributed by atoms with E-state index in [9.17, 15) is 4.79 Å². The molecule has 0 radical (unpaired) electrons. The van der Waals surface area contributed by atoms with Crippen LogP contribution in [0.5, 0.6) is 0 Å². The minimum absolute atomic E-state index is 0.0275. The van der Waals surface area contributed by atoms with Gasteiger partial charge in [0, 0.05) is 23.9 Å². The Balaban J connectivity index is 2.39. The first-order chi connectivity index (χ1) is 8.08.